The number of benzene rings is 1. The quantitative estimate of drug-likeness (QED) is 0.711. The Bertz CT molecular complexity index is 402. The lowest BCUT2D eigenvalue weighted by molar-refractivity contribution is 0.106. The highest BCUT2D eigenvalue weighted by atomic mass is 79.9. The molecule has 2 nitrogen and oxygen atoms in total. The van der Waals surface area contributed by atoms with E-state index in [1.807, 2.05) is 0 Å². The third kappa shape index (κ3) is 4.87. The molecule has 0 bridgehead atoms. The van der Waals surface area contributed by atoms with Crippen molar-refractivity contribution in [3.8, 4) is 0 Å². The summed E-state index contributed by atoms with van der Waals surface area (Å²) >= 11 is 3.65. The molecule has 0 atom stereocenters. The minimum absolute atomic E-state index is 0.639. The van der Waals surface area contributed by atoms with E-state index >= 15 is 0 Å². The van der Waals surface area contributed by atoms with Crippen LogP contribution in [0.2, 0.25) is 0 Å². The highest BCUT2D eigenvalue weighted by Crippen LogP contribution is 2.39. The van der Waals surface area contributed by atoms with Crippen LogP contribution in [0.25, 0.3) is 0 Å². The average Bonchev–Trinajstić information content (AvgIpc) is 2.36. The van der Waals surface area contributed by atoms with Gasteiger partial charge in [0.05, 0.1) is 0 Å². The first-order valence-corrected chi connectivity index (χ1v) is 8.51. The molecule has 3 heteroatoms. The van der Waals surface area contributed by atoms with E-state index in [1.54, 1.807) is 0 Å². The third-order valence-corrected chi connectivity index (χ3v) is 4.55. The first-order valence-electron chi connectivity index (χ1n) is 7.72. The van der Waals surface area contributed by atoms with Crippen molar-refractivity contribution in [2.24, 2.45) is 5.92 Å². The summed E-state index contributed by atoms with van der Waals surface area (Å²) in [5, 5.41) is 3.63. The Morgan fingerprint density at radius 1 is 1.30 bits per heavy atom. The minimum atomic E-state index is 0.639. The monoisotopic (exact) mass is 339 g/mol. The maximum absolute atomic E-state index is 5.59. The number of nitrogens with one attached hydrogen (secondary N) is 1. The molecule has 0 heterocycles. The van der Waals surface area contributed by atoms with Crippen LogP contribution in [-0.4, -0.2) is 25.8 Å². The molecule has 0 aromatic heterocycles. The smallest absolute Gasteiger partial charge is 0.0489 e. The molecule has 0 unspecified atom stereocenters. The molecule has 1 aliphatic carbocycles. The Morgan fingerprint density at radius 2 is 2.05 bits per heavy atom. The second-order valence-electron chi connectivity index (χ2n) is 6.16. The van der Waals surface area contributed by atoms with Gasteiger partial charge in [0, 0.05) is 23.7 Å². The minimum Gasteiger partial charge on any atom is -0.381 e. The van der Waals surface area contributed by atoms with Crippen LogP contribution in [0.3, 0.4) is 0 Å². The van der Waals surface area contributed by atoms with Crippen molar-refractivity contribution in [1.29, 1.82) is 0 Å². The molecule has 20 heavy (non-hydrogen) atoms. The van der Waals surface area contributed by atoms with Crippen molar-refractivity contribution >= 4 is 15.9 Å². The van der Waals surface area contributed by atoms with Gasteiger partial charge in [-0.1, -0.05) is 48.0 Å². The molecular weight excluding hydrogens is 314 g/mol. The largest absolute Gasteiger partial charge is 0.381 e. The van der Waals surface area contributed by atoms with Gasteiger partial charge in [-0.25, -0.2) is 0 Å². The lowest BCUT2D eigenvalue weighted by Crippen LogP contribution is -2.40. The molecule has 0 radical (unpaired) electrons. The van der Waals surface area contributed by atoms with Gasteiger partial charge in [0.25, 0.3) is 0 Å². The van der Waals surface area contributed by atoms with Gasteiger partial charge in [-0.15, -0.1) is 0 Å². The summed E-state index contributed by atoms with van der Waals surface area (Å²) in [7, 11) is 0. The van der Waals surface area contributed by atoms with Crippen LogP contribution in [-0.2, 0) is 4.74 Å². The van der Waals surface area contributed by atoms with Crippen LogP contribution in [0.5, 0.6) is 0 Å². The Morgan fingerprint density at radius 3 is 2.75 bits per heavy atom. The van der Waals surface area contributed by atoms with Crippen molar-refractivity contribution in [2.75, 3.05) is 19.8 Å². The van der Waals surface area contributed by atoms with Crippen LogP contribution in [0.1, 0.15) is 44.6 Å². The van der Waals surface area contributed by atoms with Crippen molar-refractivity contribution in [1.82, 2.24) is 5.32 Å². The van der Waals surface area contributed by atoms with Crippen LogP contribution in [0, 0.1) is 5.92 Å². The fraction of sp³-hybridized carbons (Fsp3) is 0.647. The van der Waals surface area contributed by atoms with Crippen LogP contribution in [0.4, 0.5) is 0 Å². The van der Waals surface area contributed by atoms with E-state index in [0.29, 0.717) is 12.0 Å². The Balaban J connectivity index is 1.55. The van der Waals surface area contributed by atoms with Gasteiger partial charge in [-0.05, 0) is 49.3 Å². The molecule has 0 aliphatic heterocycles. The van der Waals surface area contributed by atoms with Gasteiger partial charge < -0.3 is 10.1 Å². The Labute approximate surface area is 131 Å². The number of hydrogen-bond acceptors (Lipinski definition) is 2. The number of rotatable bonds is 8. The number of halogens is 1. The first kappa shape index (κ1) is 16.0. The van der Waals surface area contributed by atoms with E-state index in [9.17, 15) is 0 Å². The molecule has 1 N–H and O–H groups in total. The molecule has 1 aromatic carbocycles. The standard InChI is InChI=1S/C17H26BrNO/c1-13(2)12-20-9-5-8-19-15-10-14(11-15)16-6-3-4-7-17(16)18/h3-4,6-7,13-15,19H,5,8-12H2,1-2H3. The summed E-state index contributed by atoms with van der Waals surface area (Å²) in [4.78, 5) is 0. The highest BCUT2D eigenvalue weighted by molar-refractivity contribution is 9.10. The molecule has 0 amide bonds. The summed E-state index contributed by atoms with van der Waals surface area (Å²) in [6.07, 6.45) is 3.63. The fourth-order valence-electron chi connectivity index (χ4n) is 2.64. The normalized spacial score (nSPS) is 22.0. The van der Waals surface area contributed by atoms with E-state index in [0.717, 1.165) is 32.1 Å². The third-order valence-electron chi connectivity index (χ3n) is 3.83. The second-order valence-corrected chi connectivity index (χ2v) is 7.02. The van der Waals surface area contributed by atoms with E-state index in [1.165, 1.54) is 22.9 Å². The second kappa shape index (κ2) is 8.16. The van der Waals surface area contributed by atoms with E-state index in [2.05, 4.69) is 59.4 Å². The van der Waals surface area contributed by atoms with Gasteiger partial charge >= 0.3 is 0 Å². The predicted molar refractivity (Wildman–Crippen MR) is 88.2 cm³/mol. The zero-order valence-electron chi connectivity index (χ0n) is 12.6. The zero-order valence-corrected chi connectivity index (χ0v) is 14.2. The van der Waals surface area contributed by atoms with Gasteiger partial charge in [-0.3, -0.25) is 0 Å². The number of hydrogen-bond donors (Lipinski definition) is 1. The molecule has 0 saturated heterocycles. The highest BCUT2D eigenvalue weighted by Gasteiger charge is 2.30. The summed E-state index contributed by atoms with van der Waals surface area (Å²) in [5.74, 6) is 1.36. The maximum Gasteiger partial charge on any atom is 0.0489 e. The summed E-state index contributed by atoms with van der Waals surface area (Å²) in [5.41, 5.74) is 1.46. The fourth-order valence-corrected chi connectivity index (χ4v) is 3.25. The van der Waals surface area contributed by atoms with Crippen molar-refractivity contribution in [3.05, 3.63) is 34.3 Å². The lowest BCUT2D eigenvalue weighted by Gasteiger charge is -2.37. The molecular formula is C17H26BrNO. The summed E-state index contributed by atoms with van der Waals surface area (Å²) < 4.78 is 6.84. The topological polar surface area (TPSA) is 21.3 Å². The molecule has 1 saturated carbocycles. The summed E-state index contributed by atoms with van der Waals surface area (Å²) in [6.45, 7) is 7.22. The van der Waals surface area contributed by atoms with Crippen LogP contribution < -0.4 is 5.32 Å². The summed E-state index contributed by atoms with van der Waals surface area (Å²) in [6, 6.07) is 9.29. The molecule has 0 spiro atoms. The van der Waals surface area contributed by atoms with Gasteiger partial charge in [0.15, 0.2) is 0 Å². The molecule has 112 valence electrons. The van der Waals surface area contributed by atoms with Crippen LogP contribution in [0.15, 0.2) is 28.7 Å². The molecule has 1 fully saturated rings. The van der Waals surface area contributed by atoms with Gasteiger partial charge in [-0.2, -0.15) is 0 Å². The maximum atomic E-state index is 5.59. The van der Waals surface area contributed by atoms with E-state index in [4.69, 9.17) is 4.74 Å². The van der Waals surface area contributed by atoms with Crippen molar-refractivity contribution < 1.29 is 4.74 Å². The van der Waals surface area contributed by atoms with E-state index in [-0.39, 0.29) is 0 Å². The SMILES string of the molecule is CC(C)COCCCNC1CC(c2ccccc2Br)C1. The Kier molecular flexibility index (Phi) is 6.53. The van der Waals surface area contributed by atoms with Gasteiger partial charge in [0.1, 0.15) is 0 Å². The molecule has 1 aromatic rings. The van der Waals surface area contributed by atoms with Gasteiger partial charge in [0.2, 0.25) is 0 Å². The van der Waals surface area contributed by atoms with Crippen molar-refractivity contribution in [3.63, 3.8) is 0 Å². The molecule has 1 aliphatic rings. The van der Waals surface area contributed by atoms with Crippen molar-refractivity contribution in [2.45, 2.75) is 45.1 Å². The average molecular weight is 340 g/mol. The lowest BCUT2D eigenvalue weighted by atomic mass is 9.76. The zero-order chi connectivity index (χ0) is 14.4. The Hall–Kier alpha value is -0.380. The molecule has 2 rings (SSSR count). The number of ether oxygens (including phenoxy) is 1. The first-order chi connectivity index (χ1) is 9.66. The van der Waals surface area contributed by atoms with Crippen LogP contribution >= 0.6 is 15.9 Å². The van der Waals surface area contributed by atoms with E-state index < -0.39 is 0 Å². The predicted octanol–water partition coefficient (Wildman–Crippen LogP) is 4.35.